The van der Waals surface area contributed by atoms with Crippen LogP contribution in [0.1, 0.15) is 31.9 Å². The molecule has 0 aliphatic rings. The fourth-order valence-corrected chi connectivity index (χ4v) is 2.43. The van der Waals surface area contributed by atoms with Crippen LogP contribution in [0, 0.1) is 0 Å². The number of aromatic nitrogens is 4. The molecule has 0 atom stereocenters. The Bertz CT molecular complexity index is 883. The van der Waals surface area contributed by atoms with Crippen LogP contribution in [0.25, 0.3) is 5.69 Å². The Morgan fingerprint density at radius 2 is 1.58 bits per heavy atom. The van der Waals surface area contributed by atoms with Gasteiger partial charge in [-0.25, -0.2) is 4.79 Å². The number of nitrogens with zero attached hydrogens (tertiary/aromatic N) is 4. The Labute approximate surface area is 140 Å². The van der Waals surface area contributed by atoms with E-state index in [9.17, 15) is 4.79 Å². The van der Waals surface area contributed by atoms with E-state index in [4.69, 9.17) is 5.73 Å². The topological polar surface area (TPSA) is 78.7 Å². The van der Waals surface area contributed by atoms with Gasteiger partial charge in [0.25, 0.3) is 0 Å². The Morgan fingerprint density at radius 1 is 0.958 bits per heavy atom. The van der Waals surface area contributed by atoms with Gasteiger partial charge in [-0.2, -0.15) is 9.36 Å². The summed E-state index contributed by atoms with van der Waals surface area (Å²) in [4.78, 5) is 12.5. The fraction of sp³-hybridized carbons (Fsp3) is 0.278. The van der Waals surface area contributed by atoms with E-state index in [-0.39, 0.29) is 11.1 Å². The standard InChI is InChI=1S/C18H21N5O/c1-18(2,3)14-6-4-13(5-7-14)12-22-17(24)23(21-20-22)16-10-8-15(19)9-11-16/h4-11H,12,19H2,1-3H3. The minimum absolute atomic E-state index is 0.105. The number of rotatable bonds is 3. The third-order valence-electron chi connectivity index (χ3n) is 3.93. The van der Waals surface area contributed by atoms with Crippen molar-refractivity contribution in [2.45, 2.75) is 32.7 Å². The highest BCUT2D eigenvalue weighted by atomic mass is 16.2. The van der Waals surface area contributed by atoms with Gasteiger partial charge in [-0.05, 0) is 51.2 Å². The van der Waals surface area contributed by atoms with Crippen molar-refractivity contribution in [3.05, 3.63) is 70.1 Å². The summed E-state index contributed by atoms with van der Waals surface area (Å²) in [5.41, 5.74) is 9.03. The molecule has 0 saturated heterocycles. The molecule has 0 fully saturated rings. The van der Waals surface area contributed by atoms with Gasteiger partial charge in [0.1, 0.15) is 0 Å². The SMILES string of the molecule is CC(C)(C)c1ccc(Cn2nnn(-c3ccc(N)cc3)c2=O)cc1. The third-order valence-corrected chi connectivity index (χ3v) is 3.93. The zero-order valence-corrected chi connectivity index (χ0v) is 14.1. The van der Waals surface area contributed by atoms with Crippen LogP contribution in [-0.4, -0.2) is 19.8 Å². The highest BCUT2D eigenvalue weighted by Gasteiger charge is 2.14. The van der Waals surface area contributed by atoms with Gasteiger partial charge in [0.2, 0.25) is 0 Å². The van der Waals surface area contributed by atoms with E-state index >= 15 is 0 Å². The van der Waals surface area contributed by atoms with E-state index in [2.05, 4.69) is 43.3 Å². The number of benzene rings is 2. The summed E-state index contributed by atoms with van der Waals surface area (Å²) >= 11 is 0. The van der Waals surface area contributed by atoms with Crippen LogP contribution in [0.5, 0.6) is 0 Å². The summed E-state index contributed by atoms with van der Waals surface area (Å²) in [7, 11) is 0. The Hall–Kier alpha value is -2.89. The molecule has 0 unspecified atom stereocenters. The second-order valence-electron chi connectivity index (χ2n) is 6.87. The van der Waals surface area contributed by atoms with Gasteiger partial charge in [0, 0.05) is 5.69 Å². The maximum absolute atomic E-state index is 12.5. The lowest BCUT2D eigenvalue weighted by atomic mass is 9.87. The molecular formula is C18H21N5O. The van der Waals surface area contributed by atoms with Crippen molar-refractivity contribution in [3.8, 4) is 5.69 Å². The van der Waals surface area contributed by atoms with E-state index in [1.807, 2.05) is 12.1 Å². The maximum Gasteiger partial charge on any atom is 0.368 e. The highest BCUT2D eigenvalue weighted by molar-refractivity contribution is 5.44. The summed E-state index contributed by atoms with van der Waals surface area (Å²) in [6.45, 7) is 6.90. The molecular weight excluding hydrogens is 302 g/mol. The average Bonchev–Trinajstić information content (AvgIpc) is 2.89. The van der Waals surface area contributed by atoms with Gasteiger partial charge in [0.05, 0.1) is 12.2 Å². The lowest BCUT2D eigenvalue weighted by Gasteiger charge is -2.19. The van der Waals surface area contributed by atoms with Crippen LogP contribution < -0.4 is 11.4 Å². The lowest BCUT2D eigenvalue weighted by molar-refractivity contribution is 0.588. The normalized spacial score (nSPS) is 11.6. The molecule has 6 nitrogen and oxygen atoms in total. The lowest BCUT2D eigenvalue weighted by Crippen LogP contribution is -2.24. The molecule has 0 amide bonds. The van der Waals surface area contributed by atoms with Gasteiger partial charge in [0.15, 0.2) is 0 Å². The van der Waals surface area contributed by atoms with Crippen LogP contribution in [0.2, 0.25) is 0 Å². The van der Waals surface area contributed by atoms with Crippen molar-refractivity contribution >= 4 is 5.69 Å². The molecule has 0 aliphatic carbocycles. The minimum Gasteiger partial charge on any atom is -0.399 e. The molecule has 1 aromatic heterocycles. The van der Waals surface area contributed by atoms with Gasteiger partial charge in [-0.15, -0.1) is 0 Å². The van der Waals surface area contributed by atoms with Crippen molar-refractivity contribution in [1.29, 1.82) is 0 Å². The summed E-state index contributed by atoms with van der Waals surface area (Å²) in [5, 5.41) is 7.91. The molecule has 0 saturated carbocycles. The fourth-order valence-electron chi connectivity index (χ4n) is 2.43. The maximum atomic E-state index is 12.5. The van der Waals surface area contributed by atoms with Crippen LogP contribution >= 0.6 is 0 Å². The van der Waals surface area contributed by atoms with Crippen molar-refractivity contribution in [2.75, 3.05) is 5.73 Å². The van der Waals surface area contributed by atoms with E-state index in [0.717, 1.165) is 5.56 Å². The zero-order valence-electron chi connectivity index (χ0n) is 14.1. The molecule has 24 heavy (non-hydrogen) atoms. The Morgan fingerprint density at radius 3 is 2.17 bits per heavy atom. The largest absolute Gasteiger partial charge is 0.399 e. The van der Waals surface area contributed by atoms with Gasteiger partial charge in [-0.3, -0.25) is 0 Å². The number of hydrogen-bond acceptors (Lipinski definition) is 4. The summed E-state index contributed by atoms with van der Waals surface area (Å²) in [6, 6.07) is 15.2. The molecule has 0 spiro atoms. The molecule has 0 radical (unpaired) electrons. The first-order chi connectivity index (χ1) is 11.3. The van der Waals surface area contributed by atoms with E-state index in [0.29, 0.717) is 17.9 Å². The quantitative estimate of drug-likeness (QED) is 0.751. The predicted molar refractivity (Wildman–Crippen MR) is 94.3 cm³/mol. The number of hydrogen-bond donors (Lipinski definition) is 1. The summed E-state index contributed by atoms with van der Waals surface area (Å²) in [6.07, 6.45) is 0. The first kappa shape index (κ1) is 16.0. The van der Waals surface area contributed by atoms with E-state index < -0.39 is 0 Å². The Kier molecular flexibility index (Phi) is 3.97. The first-order valence-electron chi connectivity index (χ1n) is 7.83. The zero-order chi connectivity index (χ0) is 17.3. The van der Waals surface area contributed by atoms with E-state index in [1.54, 1.807) is 24.3 Å². The second-order valence-corrected chi connectivity index (χ2v) is 6.87. The van der Waals surface area contributed by atoms with Crippen LogP contribution in [0.15, 0.2) is 53.3 Å². The van der Waals surface area contributed by atoms with Crippen molar-refractivity contribution < 1.29 is 0 Å². The van der Waals surface area contributed by atoms with Crippen molar-refractivity contribution in [1.82, 2.24) is 19.8 Å². The first-order valence-corrected chi connectivity index (χ1v) is 7.83. The molecule has 6 heteroatoms. The minimum atomic E-state index is -0.278. The summed E-state index contributed by atoms with van der Waals surface area (Å²) in [5.74, 6) is 0. The van der Waals surface area contributed by atoms with Crippen LogP contribution in [0.4, 0.5) is 5.69 Å². The third kappa shape index (κ3) is 3.22. The second kappa shape index (κ2) is 5.96. The molecule has 2 aromatic carbocycles. The number of anilines is 1. The Balaban J connectivity index is 1.84. The highest BCUT2D eigenvalue weighted by Crippen LogP contribution is 2.22. The number of nitrogens with two attached hydrogens (primary N) is 1. The van der Waals surface area contributed by atoms with Crippen LogP contribution in [0.3, 0.4) is 0 Å². The molecule has 0 aliphatic heterocycles. The number of nitrogen functional groups attached to an aromatic ring is 1. The molecule has 3 rings (SSSR count). The van der Waals surface area contributed by atoms with Crippen LogP contribution in [-0.2, 0) is 12.0 Å². The van der Waals surface area contributed by atoms with Crippen molar-refractivity contribution in [2.24, 2.45) is 0 Å². The van der Waals surface area contributed by atoms with E-state index in [1.165, 1.54) is 14.9 Å². The molecule has 124 valence electrons. The molecule has 0 bridgehead atoms. The van der Waals surface area contributed by atoms with Gasteiger partial charge < -0.3 is 5.73 Å². The van der Waals surface area contributed by atoms with Gasteiger partial charge >= 0.3 is 5.69 Å². The average molecular weight is 323 g/mol. The molecule has 2 N–H and O–H groups in total. The molecule has 3 aromatic rings. The molecule has 1 heterocycles. The number of tetrazole rings is 1. The summed E-state index contributed by atoms with van der Waals surface area (Å²) < 4.78 is 2.62. The monoisotopic (exact) mass is 323 g/mol. The van der Waals surface area contributed by atoms with Crippen molar-refractivity contribution in [3.63, 3.8) is 0 Å². The smallest absolute Gasteiger partial charge is 0.368 e. The van der Waals surface area contributed by atoms with Gasteiger partial charge in [-0.1, -0.05) is 45.0 Å². The predicted octanol–water partition coefficient (Wildman–Crippen LogP) is 2.36.